The summed E-state index contributed by atoms with van der Waals surface area (Å²) in [4.78, 5) is 4.04. The van der Waals surface area contributed by atoms with E-state index in [-0.39, 0.29) is 0 Å². The average Bonchev–Trinajstić information content (AvgIpc) is 2.76. The summed E-state index contributed by atoms with van der Waals surface area (Å²) in [5.74, 6) is 1.12. The lowest BCUT2D eigenvalue weighted by Gasteiger charge is -1.91. The lowest BCUT2D eigenvalue weighted by atomic mass is 10.5. The van der Waals surface area contributed by atoms with Crippen molar-refractivity contribution in [3.05, 3.63) is 23.6 Å². The van der Waals surface area contributed by atoms with Gasteiger partial charge in [0, 0.05) is 13.5 Å². The molecule has 7 nitrogen and oxygen atoms in total. The fourth-order valence-electron chi connectivity index (χ4n) is 1.06. The van der Waals surface area contributed by atoms with Gasteiger partial charge in [-0.05, 0) is 0 Å². The van der Waals surface area contributed by atoms with E-state index < -0.39 is 0 Å². The molecular weight excluding hydrogens is 184 g/mol. The van der Waals surface area contributed by atoms with Crippen molar-refractivity contribution in [3.63, 3.8) is 0 Å². The van der Waals surface area contributed by atoms with Crippen molar-refractivity contribution in [2.45, 2.75) is 20.0 Å². The maximum Gasteiger partial charge on any atom is 0.223 e. The average molecular weight is 194 g/mol. The molecule has 0 aliphatic rings. The molecule has 0 bridgehead atoms. The molecule has 2 aromatic heterocycles. The minimum atomic E-state index is 0.380. The molecule has 0 aliphatic heterocycles. The number of nitrogens with two attached hydrogens (primary N) is 1. The Morgan fingerprint density at radius 2 is 2.43 bits per heavy atom. The molecule has 0 amide bonds. The van der Waals surface area contributed by atoms with Crippen molar-refractivity contribution in [2.24, 2.45) is 5.73 Å². The molecule has 0 radical (unpaired) electrons. The van der Waals surface area contributed by atoms with E-state index in [1.165, 1.54) is 0 Å². The normalized spacial score (nSPS) is 10.7. The van der Waals surface area contributed by atoms with E-state index in [1.54, 1.807) is 17.8 Å². The van der Waals surface area contributed by atoms with Gasteiger partial charge in [-0.25, -0.2) is 4.68 Å². The molecule has 14 heavy (non-hydrogen) atoms. The van der Waals surface area contributed by atoms with E-state index in [2.05, 4.69) is 20.5 Å². The Labute approximate surface area is 79.9 Å². The lowest BCUT2D eigenvalue weighted by Crippen LogP contribution is -2.02. The van der Waals surface area contributed by atoms with Gasteiger partial charge in [0.2, 0.25) is 5.89 Å². The van der Waals surface area contributed by atoms with Crippen LogP contribution < -0.4 is 5.73 Å². The van der Waals surface area contributed by atoms with Gasteiger partial charge < -0.3 is 10.3 Å². The highest BCUT2D eigenvalue weighted by molar-refractivity contribution is 4.93. The van der Waals surface area contributed by atoms with Crippen molar-refractivity contribution in [1.29, 1.82) is 0 Å². The van der Waals surface area contributed by atoms with E-state index >= 15 is 0 Å². The Kier molecular flexibility index (Phi) is 2.23. The second-order valence-electron chi connectivity index (χ2n) is 2.84. The highest BCUT2D eigenvalue weighted by Crippen LogP contribution is 1.98. The van der Waals surface area contributed by atoms with Gasteiger partial charge in [-0.3, -0.25) is 0 Å². The molecule has 74 valence electrons. The van der Waals surface area contributed by atoms with Gasteiger partial charge in [0.15, 0.2) is 5.82 Å². The molecule has 0 aliphatic carbocycles. The number of nitrogens with zero attached hydrogens (tertiary/aromatic N) is 5. The molecule has 2 N–H and O–H groups in total. The van der Waals surface area contributed by atoms with Crippen molar-refractivity contribution in [2.75, 3.05) is 0 Å². The van der Waals surface area contributed by atoms with Gasteiger partial charge in [-0.1, -0.05) is 10.4 Å². The van der Waals surface area contributed by atoms with Crippen LogP contribution in [0.5, 0.6) is 0 Å². The summed E-state index contributed by atoms with van der Waals surface area (Å²) < 4.78 is 6.44. The predicted octanol–water partition coefficient (Wildman–Crippen LogP) is -0.523. The summed E-state index contributed by atoms with van der Waals surface area (Å²) in [5, 5.41) is 11.4. The van der Waals surface area contributed by atoms with E-state index in [0.29, 0.717) is 24.8 Å². The summed E-state index contributed by atoms with van der Waals surface area (Å²) in [5.41, 5.74) is 6.14. The molecule has 2 aromatic rings. The molecule has 0 fully saturated rings. The molecule has 0 atom stereocenters. The van der Waals surface area contributed by atoms with E-state index in [9.17, 15) is 0 Å². The first-order valence-electron chi connectivity index (χ1n) is 4.16. The van der Waals surface area contributed by atoms with Crippen LogP contribution in [-0.4, -0.2) is 25.1 Å². The van der Waals surface area contributed by atoms with Crippen molar-refractivity contribution in [3.8, 4) is 0 Å². The van der Waals surface area contributed by atoms with Crippen molar-refractivity contribution < 1.29 is 4.52 Å². The van der Waals surface area contributed by atoms with Gasteiger partial charge in [0.05, 0.1) is 11.9 Å². The Balaban J connectivity index is 2.10. The van der Waals surface area contributed by atoms with Gasteiger partial charge in [-0.15, -0.1) is 5.10 Å². The third kappa shape index (κ3) is 1.77. The second-order valence-corrected chi connectivity index (χ2v) is 2.84. The van der Waals surface area contributed by atoms with Crippen molar-refractivity contribution >= 4 is 0 Å². The highest BCUT2D eigenvalue weighted by Gasteiger charge is 2.04. The van der Waals surface area contributed by atoms with E-state index in [0.717, 1.165) is 5.69 Å². The number of aryl methyl sites for hydroxylation is 1. The van der Waals surface area contributed by atoms with E-state index in [4.69, 9.17) is 10.3 Å². The first kappa shape index (κ1) is 8.82. The summed E-state index contributed by atoms with van der Waals surface area (Å²) >= 11 is 0. The van der Waals surface area contributed by atoms with Crippen LogP contribution in [-0.2, 0) is 13.1 Å². The fourth-order valence-corrected chi connectivity index (χ4v) is 1.06. The Morgan fingerprint density at radius 3 is 3.00 bits per heavy atom. The third-order valence-corrected chi connectivity index (χ3v) is 1.67. The zero-order valence-corrected chi connectivity index (χ0v) is 7.71. The molecule has 0 spiro atoms. The minimum Gasteiger partial charge on any atom is -0.340 e. The standard InChI is InChI=1S/C7H10N6O/c1-5-9-7(11-14-5)4-13-3-6(2-8)10-12-13/h3H,2,4,8H2,1H3. The Hall–Kier alpha value is -1.76. The molecule has 2 rings (SSSR count). The van der Waals surface area contributed by atoms with Crippen LogP contribution >= 0.6 is 0 Å². The molecule has 2 heterocycles. The second kappa shape index (κ2) is 3.54. The summed E-state index contributed by atoms with van der Waals surface area (Å²) in [6, 6.07) is 0. The Morgan fingerprint density at radius 1 is 1.57 bits per heavy atom. The first-order chi connectivity index (χ1) is 6.78. The van der Waals surface area contributed by atoms with Crippen LogP contribution in [0.15, 0.2) is 10.7 Å². The van der Waals surface area contributed by atoms with Crippen LogP contribution in [0.2, 0.25) is 0 Å². The van der Waals surface area contributed by atoms with Crippen LogP contribution in [0, 0.1) is 6.92 Å². The predicted molar refractivity (Wildman–Crippen MR) is 46.1 cm³/mol. The maximum absolute atomic E-state index is 5.40. The zero-order valence-electron chi connectivity index (χ0n) is 7.71. The number of rotatable bonds is 3. The first-order valence-corrected chi connectivity index (χ1v) is 4.16. The quantitative estimate of drug-likeness (QED) is 0.706. The summed E-state index contributed by atoms with van der Waals surface area (Å²) in [6.07, 6.45) is 1.76. The number of hydrogen-bond donors (Lipinski definition) is 1. The van der Waals surface area contributed by atoms with Crippen molar-refractivity contribution in [1.82, 2.24) is 25.1 Å². The molecule has 0 saturated carbocycles. The molecule has 0 unspecified atom stereocenters. The molecular formula is C7H10N6O. The van der Waals surface area contributed by atoms with Gasteiger partial charge >= 0.3 is 0 Å². The van der Waals surface area contributed by atoms with Crippen LogP contribution in [0.4, 0.5) is 0 Å². The van der Waals surface area contributed by atoms with Crippen LogP contribution in [0.1, 0.15) is 17.4 Å². The fraction of sp³-hybridized carbons (Fsp3) is 0.429. The van der Waals surface area contributed by atoms with Gasteiger partial charge in [0.25, 0.3) is 0 Å². The van der Waals surface area contributed by atoms with Gasteiger partial charge in [-0.2, -0.15) is 4.98 Å². The summed E-state index contributed by atoms with van der Waals surface area (Å²) in [7, 11) is 0. The molecule has 0 saturated heterocycles. The maximum atomic E-state index is 5.40. The SMILES string of the molecule is Cc1nc(Cn2cc(CN)nn2)no1. The van der Waals surface area contributed by atoms with Crippen LogP contribution in [0.25, 0.3) is 0 Å². The third-order valence-electron chi connectivity index (χ3n) is 1.67. The lowest BCUT2D eigenvalue weighted by molar-refractivity contribution is 0.385. The van der Waals surface area contributed by atoms with Gasteiger partial charge in [0.1, 0.15) is 6.54 Å². The Bertz CT molecular complexity index is 419. The molecule has 0 aromatic carbocycles. The zero-order chi connectivity index (χ0) is 9.97. The number of hydrogen-bond acceptors (Lipinski definition) is 6. The van der Waals surface area contributed by atoms with E-state index in [1.807, 2.05) is 0 Å². The monoisotopic (exact) mass is 194 g/mol. The summed E-state index contributed by atoms with van der Waals surface area (Å²) in [6.45, 7) is 2.57. The largest absolute Gasteiger partial charge is 0.340 e. The highest BCUT2D eigenvalue weighted by atomic mass is 16.5. The number of aromatic nitrogens is 5. The smallest absolute Gasteiger partial charge is 0.223 e. The molecule has 7 heteroatoms. The topological polar surface area (TPSA) is 95.7 Å². The minimum absolute atomic E-state index is 0.380. The van der Waals surface area contributed by atoms with Crippen LogP contribution in [0.3, 0.4) is 0 Å².